The fraction of sp³-hybridized carbons (Fsp3) is 0.200. The van der Waals surface area contributed by atoms with E-state index in [4.69, 9.17) is 4.74 Å². The Balaban J connectivity index is 1.86. The van der Waals surface area contributed by atoms with Crippen molar-refractivity contribution >= 4 is 22.1 Å². The number of hydrogen-bond acceptors (Lipinski definition) is 1. The fourth-order valence-corrected chi connectivity index (χ4v) is 4.10. The molecule has 0 N–H and O–H groups in total. The molecule has 2 aromatic carbocycles. The van der Waals surface area contributed by atoms with Crippen molar-refractivity contribution in [2.45, 2.75) is 20.0 Å². The third-order valence-corrected chi connectivity index (χ3v) is 5.03. The molecule has 3 aliphatic rings. The maximum Gasteiger partial charge on any atom is 0.132 e. The van der Waals surface area contributed by atoms with E-state index >= 15 is 0 Å². The van der Waals surface area contributed by atoms with Crippen molar-refractivity contribution in [3.8, 4) is 0 Å². The van der Waals surface area contributed by atoms with Crippen molar-refractivity contribution in [2.24, 2.45) is 5.92 Å². The molecule has 21 heavy (non-hydrogen) atoms. The lowest BCUT2D eigenvalue weighted by molar-refractivity contribution is 0.213. The maximum absolute atomic E-state index is 6.28. The van der Waals surface area contributed by atoms with Gasteiger partial charge in [-0.15, -0.1) is 0 Å². The fourth-order valence-electron chi connectivity index (χ4n) is 4.10. The highest BCUT2D eigenvalue weighted by Crippen LogP contribution is 2.53. The summed E-state index contributed by atoms with van der Waals surface area (Å²) < 4.78 is 6.28. The molecule has 1 heteroatoms. The first kappa shape index (κ1) is 11.4. The Hall–Kier alpha value is -2.28. The van der Waals surface area contributed by atoms with Crippen LogP contribution in [0.25, 0.3) is 22.1 Å². The second-order valence-corrected chi connectivity index (χ2v) is 6.23. The molecule has 1 nitrogen and oxygen atoms in total. The maximum atomic E-state index is 6.28. The van der Waals surface area contributed by atoms with Crippen LogP contribution < -0.4 is 0 Å². The summed E-state index contributed by atoms with van der Waals surface area (Å²) in [7, 11) is 0. The van der Waals surface area contributed by atoms with E-state index in [1.165, 1.54) is 38.6 Å². The van der Waals surface area contributed by atoms with E-state index in [-0.39, 0.29) is 6.10 Å². The van der Waals surface area contributed by atoms with Crippen LogP contribution in [0.2, 0.25) is 0 Å². The van der Waals surface area contributed by atoms with Crippen LogP contribution in [-0.2, 0) is 4.74 Å². The molecule has 5 rings (SSSR count). The predicted molar refractivity (Wildman–Crippen MR) is 86.9 cm³/mol. The number of benzene rings is 2. The highest BCUT2D eigenvalue weighted by atomic mass is 16.5. The summed E-state index contributed by atoms with van der Waals surface area (Å²) in [5.41, 5.74) is 6.73. The zero-order valence-electron chi connectivity index (χ0n) is 12.2. The summed E-state index contributed by atoms with van der Waals surface area (Å²) in [5, 5.41) is 2.79. The highest BCUT2D eigenvalue weighted by molar-refractivity contribution is 6.15. The first-order chi connectivity index (χ1) is 10.3. The minimum atomic E-state index is 0.172. The van der Waals surface area contributed by atoms with Gasteiger partial charge in [0, 0.05) is 22.4 Å². The molecular formula is C20H16O. The normalized spacial score (nSPS) is 24.5. The van der Waals surface area contributed by atoms with Gasteiger partial charge in [0.1, 0.15) is 11.9 Å². The van der Waals surface area contributed by atoms with E-state index in [2.05, 4.69) is 62.4 Å². The van der Waals surface area contributed by atoms with Gasteiger partial charge in [-0.1, -0.05) is 42.5 Å². The van der Waals surface area contributed by atoms with Gasteiger partial charge in [-0.3, -0.25) is 0 Å². The summed E-state index contributed by atoms with van der Waals surface area (Å²) in [6, 6.07) is 8.98. The van der Waals surface area contributed by atoms with Gasteiger partial charge in [-0.25, -0.2) is 0 Å². The summed E-state index contributed by atoms with van der Waals surface area (Å²) in [5.74, 6) is 1.47. The van der Waals surface area contributed by atoms with E-state index in [0.29, 0.717) is 5.92 Å². The standard InChI is InChI=1S/C20H16O/c1-11-7-9-14-18-15(10-8-12(2)17(11)18)20-19(14)13-5-3-4-6-16(13)21-20/h3-10,13,16H,1-2H3/t13-,16+/m0/s1. The van der Waals surface area contributed by atoms with Crippen molar-refractivity contribution in [2.75, 3.05) is 0 Å². The monoisotopic (exact) mass is 272 g/mol. The molecule has 0 amide bonds. The summed E-state index contributed by atoms with van der Waals surface area (Å²) in [6.07, 6.45) is 8.84. The van der Waals surface area contributed by atoms with Crippen LogP contribution in [0.15, 0.2) is 48.6 Å². The summed E-state index contributed by atoms with van der Waals surface area (Å²) in [4.78, 5) is 0. The molecule has 0 saturated carbocycles. The number of rotatable bonds is 0. The zero-order valence-corrected chi connectivity index (χ0v) is 12.2. The molecule has 0 saturated heterocycles. The molecule has 102 valence electrons. The lowest BCUT2D eigenvalue weighted by atomic mass is 9.87. The van der Waals surface area contributed by atoms with Crippen LogP contribution in [-0.4, -0.2) is 6.10 Å². The smallest absolute Gasteiger partial charge is 0.132 e. The summed E-state index contributed by atoms with van der Waals surface area (Å²) in [6.45, 7) is 4.40. The first-order valence-electron chi connectivity index (χ1n) is 7.55. The number of ether oxygens (including phenoxy) is 1. The molecule has 1 heterocycles. The van der Waals surface area contributed by atoms with Crippen LogP contribution in [0.4, 0.5) is 0 Å². The second kappa shape index (κ2) is 3.67. The largest absolute Gasteiger partial charge is 0.484 e. The van der Waals surface area contributed by atoms with Gasteiger partial charge in [0.2, 0.25) is 0 Å². The molecule has 0 unspecified atom stereocenters. The van der Waals surface area contributed by atoms with E-state index in [1.54, 1.807) is 0 Å². The second-order valence-electron chi connectivity index (χ2n) is 6.23. The SMILES string of the molecule is Cc1ccc2c3c(ccc(C)c13)C1=C2O[C@@H]2C=CC=C[C@H]12. The van der Waals surface area contributed by atoms with Gasteiger partial charge in [-0.05, 0) is 42.0 Å². The molecule has 0 fully saturated rings. The van der Waals surface area contributed by atoms with Crippen molar-refractivity contribution in [1.29, 1.82) is 0 Å². The van der Waals surface area contributed by atoms with Crippen molar-refractivity contribution < 1.29 is 4.74 Å². The Morgan fingerprint density at radius 1 is 0.810 bits per heavy atom. The Morgan fingerprint density at radius 2 is 1.52 bits per heavy atom. The Bertz CT molecular complexity index is 887. The number of fused-ring (bicyclic) bond motifs is 4. The molecule has 0 spiro atoms. The molecule has 2 atom stereocenters. The molecule has 0 bridgehead atoms. The van der Waals surface area contributed by atoms with Crippen LogP contribution >= 0.6 is 0 Å². The van der Waals surface area contributed by atoms with Crippen LogP contribution in [0, 0.1) is 19.8 Å². The minimum absolute atomic E-state index is 0.172. The van der Waals surface area contributed by atoms with Gasteiger partial charge in [-0.2, -0.15) is 0 Å². The van der Waals surface area contributed by atoms with Gasteiger partial charge >= 0.3 is 0 Å². The predicted octanol–water partition coefficient (Wildman–Crippen LogP) is 4.78. The topological polar surface area (TPSA) is 9.23 Å². The van der Waals surface area contributed by atoms with Gasteiger partial charge < -0.3 is 4.74 Å². The average molecular weight is 272 g/mol. The first-order valence-corrected chi connectivity index (χ1v) is 7.55. The molecule has 1 aliphatic heterocycles. The Kier molecular flexibility index (Phi) is 1.99. The average Bonchev–Trinajstić information content (AvgIpc) is 3.00. The lowest BCUT2D eigenvalue weighted by Crippen LogP contribution is -2.16. The van der Waals surface area contributed by atoms with Crippen molar-refractivity contribution in [1.82, 2.24) is 0 Å². The van der Waals surface area contributed by atoms with Crippen molar-refractivity contribution in [3.05, 3.63) is 70.8 Å². The van der Waals surface area contributed by atoms with Crippen LogP contribution in [0.5, 0.6) is 0 Å². The number of hydrogen-bond donors (Lipinski definition) is 0. The Morgan fingerprint density at radius 3 is 2.33 bits per heavy atom. The molecular weight excluding hydrogens is 256 g/mol. The van der Waals surface area contributed by atoms with Crippen molar-refractivity contribution in [3.63, 3.8) is 0 Å². The minimum Gasteiger partial charge on any atom is -0.484 e. The van der Waals surface area contributed by atoms with Crippen LogP contribution in [0.1, 0.15) is 22.3 Å². The van der Waals surface area contributed by atoms with Gasteiger partial charge in [0.15, 0.2) is 0 Å². The van der Waals surface area contributed by atoms with E-state index < -0.39 is 0 Å². The molecule has 0 aromatic heterocycles. The number of allylic oxidation sites excluding steroid dienone is 2. The summed E-state index contributed by atoms with van der Waals surface area (Å²) >= 11 is 0. The van der Waals surface area contributed by atoms with E-state index in [0.717, 1.165) is 5.76 Å². The van der Waals surface area contributed by atoms with Gasteiger partial charge in [0.05, 0.1) is 0 Å². The van der Waals surface area contributed by atoms with E-state index in [1.807, 2.05) is 0 Å². The lowest BCUT2D eigenvalue weighted by Gasteiger charge is -2.20. The molecule has 2 aromatic rings. The third kappa shape index (κ3) is 1.27. The zero-order chi connectivity index (χ0) is 14.1. The quantitative estimate of drug-likeness (QED) is 0.670. The Labute approximate surface area is 124 Å². The van der Waals surface area contributed by atoms with Crippen LogP contribution in [0.3, 0.4) is 0 Å². The molecule has 0 radical (unpaired) electrons. The highest BCUT2D eigenvalue weighted by Gasteiger charge is 2.40. The third-order valence-electron chi connectivity index (χ3n) is 5.03. The van der Waals surface area contributed by atoms with E-state index in [9.17, 15) is 0 Å². The number of aryl methyl sites for hydroxylation is 2. The van der Waals surface area contributed by atoms with Gasteiger partial charge in [0.25, 0.3) is 0 Å². The molecule has 2 aliphatic carbocycles.